The van der Waals surface area contributed by atoms with E-state index in [-0.39, 0.29) is 23.9 Å². The van der Waals surface area contributed by atoms with Crippen LogP contribution in [0.2, 0.25) is 0 Å². The normalized spacial score (nSPS) is 10.5. The molecule has 0 fully saturated rings. The number of pyridine rings is 2. The van der Waals surface area contributed by atoms with Crippen LogP contribution in [0.1, 0.15) is 27.9 Å². The summed E-state index contributed by atoms with van der Waals surface area (Å²) >= 11 is 0. The number of benzene rings is 2. The predicted octanol–water partition coefficient (Wildman–Crippen LogP) is 4.78. The van der Waals surface area contributed by atoms with Gasteiger partial charge in [-0.05, 0) is 60.9 Å². The van der Waals surface area contributed by atoms with Gasteiger partial charge in [-0.15, -0.1) is 12.4 Å². The molecule has 0 radical (unpaired) electrons. The summed E-state index contributed by atoms with van der Waals surface area (Å²) in [6, 6.07) is 20.6. The number of hydrogen-bond acceptors (Lipinski definition) is 4. The first kappa shape index (κ1) is 25.0. The van der Waals surface area contributed by atoms with Gasteiger partial charge in [0.25, 0.3) is 11.5 Å². The minimum Gasteiger partial charge on any atom is -0.494 e. The van der Waals surface area contributed by atoms with Crippen molar-refractivity contribution in [2.45, 2.75) is 19.9 Å². The van der Waals surface area contributed by atoms with Crippen molar-refractivity contribution in [2.24, 2.45) is 7.05 Å². The largest absolute Gasteiger partial charge is 0.494 e. The summed E-state index contributed by atoms with van der Waals surface area (Å²) in [4.78, 5) is 31.1. The quantitative estimate of drug-likeness (QED) is 0.343. The third-order valence-corrected chi connectivity index (χ3v) is 5.70. The molecular weight excluding hydrogens is 450 g/mol. The number of halogens is 1. The lowest BCUT2D eigenvalue weighted by Crippen LogP contribution is -2.32. The highest BCUT2D eigenvalue weighted by Gasteiger charge is 2.18. The fraction of sp³-hybridized carbons (Fsp3) is 0.222. The molecule has 4 rings (SSSR count). The van der Waals surface area contributed by atoms with Gasteiger partial charge in [0.05, 0.1) is 12.1 Å². The summed E-state index contributed by atoms with van der Waals surface area (Å²) < 4.78 is 7.57. The number of aryl methyl sites for hydroxylation is 2. The van der Waals surface area contributed by atoms with E-state index in [1.807, 2.05) is 66.4 Å². The Hall–Kier alpha value is -3.64. The van der Waals surface area contributed by atoms with Gasteiger partial charge in [-0.25, -0.2) is 0 Å². The highest BCUT2D eigenvalue weighted by Crippen LogP contribution is 2.20. The van der Waals surface area contributed by atoms with Crippen LogP contribution in [-0.4, -0.2) is 33.5 Å². The molecule has 2 heterocycles. The van der Waals surface area contributed by atoms with Crippen LogP contribution < -0.4 is 10.3 Å². The van der Waals surface area contributed by atoms with Crippen LogP contribution in [0.3, 0.4) is 0 Å². The highest BCUT2D eigenvalue weighted by molar-refractivity contribution is 5.95. The Morgan fingerprint density at radius 2 is 1.88 bits per heavy atom. The van der Waals surface area contributed by atoms with E-state index in [2.05, 4.69) is 4.98 Å². The minimum atomic E-state index is -0.0387. The molecule has 176 valence electrons. The van der Waals surface area contributed by atoms with Crippen LogP contribution in [-0.2, 0) is 13.6 Å². The first-order chi connectivity index (χ1) is 16.0. The fourth-order valence-electron chi connectivity index (χ4n) is 3.85. The number of hydrogen-bond donors (Lipinski definition) is 0. The first-order valence-corrected chi connectivity index (χ1v) is 11.0. The summed E-state index contributed by atoms with van der Waals surface area (Å²) in [5.74, 6) is 0.744. The zero-order valence-electron chi connectivity index (χ0n) is 19.3. The summed E-state index contributed by atoms with van der Waals surface area (Å²) in [6.07, 6.45) is 4.20. The number of nitrogens with zero attached hydrogens (tertiary/aromatic N) is 3. The molecule has 0 N–H and O–H groups in total. The smallest absolute Gasteiger partial charge is 0.254 e. The zero-order valence-corrected chi connectivity index (χ0v) is 20.1. The maximum absolute atomic E-state index is 13.3. The first-order valence-electron chi connectivity index (χ1n) is 11.0. The number of aromatic nitrogens is 2. The Bertz CT molecular complexity index is 1320. The van der Waals surface area contributed by atoms with Crippen molar-refractivity contribution in [1.29, 1.82) is 0 Å². The Kier molecular flexibility index (Phi) is 8.44. The van der Waals surface area contributed by atoms with Gasteiger partial charge in [0.2, 0.25) is 0 Å². The van der Waals surface area contributed by atoms with Crippen molar-refractivity contribution in [1.82, 2.24) is 14.5 Å². The highest BCUT2D eigenvalue weighted by atomic mass is 35.5. The van der Waals surface area contributed by atoms with Gasteiger partial charge in [-0.1, -0.05) is 24.3 Å². The van der Waals surface area contributed by atoms with Crippen molar-refractivity contribution in [3.8, 4) is 5.75 Å². The van der Waals surface area contributed by atoms with Gasteiger partial charge >= 0.3 is 0 Å². The van der Waals surface area contributed by atoms with Crippen molar-refractivity contribution >= 4 is 29.2 Å². The van der Waals surface area contributed by atoms with E-state index in [1.165, 1.54) is 0 Å². The van der Waals surface area contributed by atoms with E-state index in [9.17, 15) is 9.59 Å². The van der Waals surface area contributed by atoms with E-state index in [0.717, 1.165) is 27.8 Å². The zero-order chi connectivity index (χ0) is 23.2. The molecule has 0 atom stereocenters. The van der Waals surface area contributed by atoms with Gasteiger partial charge in [0, 0.05) is 49.5 Å². The van der Waals surface area contributed by atoms with Crippen LogP contribution in [0, 0.1) is 6.92 Å². The van der Waals surface area contributed by atoms with Crippen LogP contribution in [0.4, 0.5) is 0 Å². The molecule has 1 amide bonds. The van der Waals surface area contributed by atoms with Gasteiger partial charge < -0.3 is 14.2 Å². The molecule has 0 saturated heterocycles. The van der Waals surface area contributed by atoms with Crippen LogP contribution >= 0.6 is 12.4 Å². The molecular formula is C27H28ClN3O3. The Morgan fingerprint density at radius 1 is 1.06 bits per heavy atom. The average molecular weight is 478 g/mol. The SMILES string of the molecule is Cc1ccccc1C(=O)N(CCCOc1ccc2c(ccc(=O)n2C)c1)Cc1cccnc1.Cl. The van der Waals surface area contributed by atoms with Crippen LogP contribution in [0.15, 0.2) is 83.9 Å². The molecule has 2 aromatic carbocycles. The third kappa shape index (κ3) is 5.83. The summed E-state index contributed by atoms with van der Waals surface area (Å²) in [6.45, 7) is 3.48. The molecule has 0 aliphatic carbocycles. The lowest BCUT2D eigenvalue weighted by Gasteiger charge is -2.24. The molecule has 0 aliphatic heterocycles. The van der Waals surface area contributed by atoms with Crippen molar-refractivity contribution < 1.29 is 9.53 Å². The van der Waals surface area contributed by atoms with Crippen molar-refractivity contribution in [3.63, 3.8) is 0 Å². The van der Waals surface area contributed by atoms with Gasteiger partial charge in [-0.3, -0.25) is 14.6 Å². The molecule has 0 unspecified atom stereocenters. The number of rotatable bonds is 8. The molecule has 0 saturated carbocycles. The summed E-state index contributed by atoms with van der Waals surface area (Å²) in [7, 11) is 1.76. The number of amides is 1. The molecule has 0 aliphatic rings. The van der Waals surface area contributed by atoms with Crippen LogP contribution in [0.5, 0.6) is 5.75 Å². The van der Waals surface area contributed by atoms with Gasteiger partial charge in [0.1, 0.15) is 5.75 Å². The van der Waals surface area contributed by atoms with E-state index in [1.54, 1.807) is 36.1 Å². The molecule has 7 heteroatoms. The average Bonchev–Trinajstić information content (AvgIpc) is 2.84. The topological polar surface area (TPSA) is 64.4 Å². The Balaban J connectivity index is 0.00000324. The van der Waals surface area contributed by atoms with Crippen LogP contribution in [0.25, 0.3) is 10.9 Å². The van der Waals surface area contributed by atoms with E-state index < -0.39 is 0 Å². The lowest BCUT2D eigenvalue weighted by molar-refractivity contribution is 0.0733. The summed E-state index contributed by atoms with van der Waals surface area (Å²) in [5.41, 5.74) is 3.48. The third-order valence-electron chi connectivity index (χ3n) is 5.70. The summed E-state index contributed by atoms with van der Waals surface area (Å²) in [5, 5.41) is 0.947. The Morgan fingerprint density at radius 3 is 2.65 bits per heavy atom. The van der Waals surface area contributed by atoms with Crippen molar-refractivity contribution in [2.75, 3.05) is 13.2 Å². The maximum Gasteiger partial charge on any atom is 0.254 e. The fourth-order valence-corrected chi connectivity index (χ4v) is 3.85. The number of fused-ring (bicyclic) bond motifs is 1. The second-order valence-electron chi connectivity index (χ2n) is 8.06. The van der Waals surface area contributed by atoms with Crippen molar-refractivity contribution in [3.05, 3.63) is 106 Å². The molecule has 0 spiro atoms. The van der Waals surface area contributed by atoms with E-state index in [0.29, 0.717) is 31.7 Å². The van der Waals surface area contributed by atoms with Gasteiger partial charge in [-0.2, -0.15) is 0 Å². The minimum absolute atomic E-state index is 0. The monoisotopic (exact) mass is 477 g/mol. The number of carbonyl (C=O) groups excluding carboxylic acids is 1. The molecule has 4 aromatic rings. The molecule has 0 bridgehead atoms. The number of carbonyl (C=O) groups is 1. The molecule has 2 aromatic heterocycles. The molecule has 6 nitrogen and oxygen atoms in total. The van der Waals surface area contributed by atoms with E-state index >= 15 is 0 Å². The predicted molar refractivity (Wildman–Crippen MR) is 137 cm³/mol. The Labute approximate surface area is 205 Å². The molecule has 34 heavy (non-hydrogen) atoms. The maximum atomic E-state index is 13.3. The standard InChI is InChI=1S/C27H27N3O3.ClH/c1-20-7-3-4-9-24(20)27(32)30(19-21-8-5-14-28-18-21)15-6-16-33-23-11-12-25-22(17-23)10-13-26(31)29(25)2;/h3-5,7-14,17-18H,6,15-16,19H2,1-2H3;1H. The second-order valence-corrected chi connectivity index (χ2v) is 8.06. The van der Waals surface area contributed by atoms with Gasteiger partial charge in [0.15, 0.2) is 0 Å². The lowest BCUT2D eigenvalue weighted by atomic mass is 10.1. The number of ether oxygens (including phenoxy) is 1. The van der Waals surface area contributed by atoms with E-state index in [4.69, 9.17) is 4.74 Å². The second kappa shape index (κ2) is 11.5.